The molecule has 0 aliphatic carbocycles. The Balaban J connectivity index is 1.95. The van der Waals surface area contributed by atoms with Gasteiger partial charge in [0.05, 0.1) is 14.6 Å². The van der Waals surface area contributed by atoms with Crippen LogP contribution in [0.1, 0.15) is 11.4 Å². The second-order valence-electron chi connectivity index (χ2n) is 5.91. The van der Waals surface area contributed by atoms with Gasteiger partial charge in [-0.05, 0) is 5.56 Å². The summed E-state index contributed by atoms with van der Waals surface area (Å²) < 4.78 is 1.94. The second-order valence-corrected chi connectivity index (χ2v) is 11.0. The Labute approximate surface area is 115 Å². The fourth-order valence-electron chi connectivity index (χ4n) is 1.93. The van der Waals surface area contributed by atoms with E-state index in [2.05, 4.69) is 59.4 Å². The van der Waals surface area contributed by atoms with Crippen molar-refractivity contribution in [2.24, 2.45) is 7.05 Å². The molecule has 0 radical (unpaired) electrons. The van der Waals surface area contributed by atoms with Gasteiger partial charge in [0.1, 0.15) is 12.2 Å². The second kappa shape index (κ2) is 5.67. The molecule has 2 rings (SSSR count). The van der Waals surface area contributed by atoms with E-state index in [1.165, 1.54) is 10.8 Å². The largest absolute Gasteiger partial charge is 0.320 e. The highest BCUT2D eigenvalue weighted by Gasteiger charge is 2.16. The Morgan fingerprint density at radius 1 is 1.21 bits per heavy atom. The van der Waals surface area contributed by atoms with Gasteiger partial charge < -0.3 is 9.88 Å². The molecular weight excluding hydrogens is 252 g/mol. The smallest absolute Gasteiger partial charge is 0.146 e. The molecule has 1 aromatic heterocycles. The SMILES string of the molecule is Cn1cnnc1CNCc1cccc([Si](C)(C)C)c1. The molecule has 0 unspecified atom stereocenters. The van der Waals surface area contributed by atoms with Crippen LogP contribution in [0.3, 0.4) is 0 Å². The van der Waals surface area contributed by atoms with Crippen molar-refractivity contribution in [2.45, 2.75) is 32.7 Å². The molecule has 1 aromatic carbocycles. The predicted octanol–water partition coefficient (Wildman–Crippen LogP) is 1.65. The third-order valence-electron chi connectivity index (χ3n) is 3.21. The van der Waals surface area contributed by atoms with Crippen LogP contribution in [0.4, 0.5) is 0 Å². The molecular formula is C14H22N4Si. The number of hydrogen-bond acceptors (Lipinski definition) is 3. The minimum absolute atomic E-state index is 0.744. The van der Waals surface area contributed by atoms with Crippen LogP contribution in [0.15, 0.2) is 30.6 Å². The third kappa shape index (κ3) is 3.75. The molecule has 0 saturated carbocycles. The molecule has 1 heterocycles. The summed E-state index contributed by atoms with van der Waals surface area (Å²) in [7, 11) is 0.741. The average Bonchev–Trinajstić information content (AvgIpc) is 2.75. The standard InChI is InChI=1S/C14H22N4Si/c1-18-11-16-17-14(18)10-15-9-12-6-5-7-13(8-12)19(2,3)4/h5-8,11,15H,9-10H2,1-4H3. The molecule has 2 aromatic rings. The Morgan fingerprint density at radius 3 is 2.63 bits per heavy atom. The van der Waals surface area contributed by atoms with Crippen molar-refractivity contribution in [3.8, 4) is 0 Å². The number of benzene rings is 1. The van der Waals surface area contributed by atoms with Crippen molar-refractivity contribution in [2.75, 3.05) is 0 Å². The van der Waals surface area contributed by atoms with E-state index in [0.29, 0.717) is 0 Å². The van der Waals surface area contributed by atoms with Crippen molar-refractivity contribution in [3.63, 3.8) is 0 Å². The van der Waals surface area contributed by atoms with Gasteiger partial charge in [0.25, 0.3) is 0 Å². The Morgan fingerprint density at radius 2 is 2.00 bits per heavy atom. The first-order valence-corrected chi connectivity index (χ1v) is 10.1. The first kappa shape index (κ1) is 14.0. The molecule has 0 atom stereocenters. The maximum atomic E-state index is 4.06. The van der Waals surface area contributed by atoms with E-state index in [9.17, 15) is 0 Å². The summed E-state index contributed by atoms with van der Waals surface area (Å²) in [6, 6.07) is 8.91. The lowest BCUT2D eigenvalue weighted by Gasteiger charge is -2.17. The molecule has 1 N–H and O–H groups in total. The van der Waals surface area contributed by atoms with Crippen LogP contribution in [0.2, 0.25) is 19.6 Å². The Kier molecular flexibility index (Phi) is 4.16. The van der Waals surface area contributed by atoms with Gasteiger partial charge in [-0.15, -0.1) is 10.2 Å². The maximum Gasteiger partial charge on any atom is 0.146 e. The lowest BCUT2D eigenvalue weighted by molar-refractivity contribution is 0.637. The first-order chi connectivity index (χ1) is 8.97. The molecule has 19 heavy (non-hydrogen) atoms. The van der Waals surface area contributed by atoms with E-state index in [4.69, 9.17) is 0 Å². The monoisotopic (exact) mass is 274 g/mol. The highest BCUT2D eigenvalue weighted by atomic mass is 28.3. The highest BCUT2D eigenvalue weighted by molar-refractivity contribution is 6.88. The number of hydrogen-bond donors (Lipinski definition) is 1. The van der Waals surface area contributed by atoms with Crippen LogP contribution >= 0.6 is 0 Å². The average molecular weight is 274 g/mol. The maximum absolute atomic E-state index is 4.06. The molecule has 0 bridgehead atoms. The summed E-state index contributed by atoms with van der Waals surface area (Å²) in [5, 5.41) is 12.9. The number of aryl methyl sites for hydroxylation is 1. The number of aromatic nitrogens is 3. The van der Waals surface area contributed by atoms with Gasteiger partial charge >= 0.3 is 0 Å². The quantitative estimate of drug-likeness (QED) is 0.843. The van der Waals surface area contributed by atoms with E-state index in [1.54, 1.807) is 6.33 Å². The van der Waals surface area contributed by atoms with Gasteiger partial charge in [-0.2, -0.15) is 0 Å². The van der Waals surface area contributed by atoms with Gasteiger partial charge in [0.15, 0.2) is 0 Å². The fourth-order valence-corrected chi connectivity index (χ4v) is 3.15. The molecule has 0 spiro atoms. The van der Waals surface area contributed by atoms with Crippen molar-refractivity contribution in [3.05, 3.63) is 42.0 Å². The first-order valence-electron chi connectivity index (χ1n) is 6.60. The van der Waals surface area contributed by atoms with Crippen LogP contribution in [-0.4, -0.2) is 22.8 Å². The van der Waals surface area contributed by atoms with Crippen molar-refractivity contribution in [1.82, 2.24) is 20.1 Å². The molecule has 102 valence electrons. The van der Waals surface area contributed by atoms with Crippen LogP contribution in [-0.2, 0) is 20.1 Å². The fraction of sp³-hybridized carbons (Fsp3) is 0.429. The summed E-state index contributed by atoms with van der Waals surface area (Å²) in [6.45, 7) is 8.73. The van der Waals surface area contributed by atoms with E-state index in [-0.39, 0.29) is 0 Å². The molecule has 5 heteroatoms. The minimum Gasteiger partial charge on any atom is -0.320 e. The minimum atomic E-state index is -1.22. The number of rotatable bonds is 5. The van der Waals surface area contributed by atoms with Crippen molar-refractivity contribution in [1.29, 1.82) is 0 Å². The molecule has 4 nitrogen and oxygen atoms in total. The zero-order valence-corrected chi connectivity index (χ0v) is 13.1. The number of nitrogens with one attached hydrogen (secondary N) is 1. The molecule has 0 saturated heterocycles. The van der Waals surface area contributed by atoms with E-state index >= 15 is 0 Å². The van der Waals surface area contributed by atoms with Gasteiger partial charge in [-0.1, -0.05) is 49.1 Å². The van der Waals surface area contributed by atoms with Crippen LogP contribution in [0, 0.1) is 0 Å². The molecule has 0 aliphatic rings. The summed E-state index contributed by atoms with van der Waals surface area (Å²) in [5.41, 5.74) is 1.34. The molecule has 0 amide bonds. The van der Waals surface area contributed by atoms with E-state index in [1.807, 2.05) is 11.6 Å². The predicted molar refractivity (Wildman–Crippen MR) is 81.0 cm³/mol. The lowest BCUT2D eigenvalue weighted by Crippen LogP contribution is -2.37. The zero-order valence-electron chi connectivity index (χ0n) is 12.1. The van der Waals surface area contributed by atoms with Gasteiger partial charge in [0.2, 0.25) is 0 Å². The lowest BCUT2D eigenvalue weighted by atomic mass is 10.2. The molecule has 0 aliphatic heterocycles. The van der Waals surface area contributed by atoms with Crippen molar-refractivity contribution < 1.29 is 0 Å². The van der Waals surface area contributed by atoms with Gasteiger partial charge in [0, 0.05) is 13.6 Å². The zero-order chi connectivity index (χ0) is 13.9. The summed E-state index contributed by atoms with van der Waals surface area (Å²) in [4.78, 5) is 0. The van der Waals surface area contributed by atoms with Crippen LogP contribution in [0.25, 0.3) is 0 Å². The topological polar surface area (TPSA) is 42.7 Å². The normalized spacial score (nSPS) is 11.8. The summed E-state index contributed by atoms with van der Waals surface area (Å²) in [6.07, 6.45) is 1.73. The summed E-state index contributed by atoms with van der Waals surface area (Å²) in [5.74, 6) is 0.960. The van der Waals surface area contributed by atoms with Crippen LogP contribution < -0.4 is 10.5 Å². The molecule has 0 fully saturated rings. The van der Waals surface area contributed by atoms with E-state index < -0.39 is 8.07 Å². The number of nitrogens with zero attached hydrogens (tertiary/aromatic N) is 3. The third-order valence-corrected chi connectivity index (χ3v) is 5.25. The van der Waals surface area contributed by atoms with Gasteiger partial charge in [-0.3, -0.25) is 0 Å². The van der Waals surface area contributed by atoms with E-state index in [0.717, 1.165) is 18.9 Å². The van der Waals surface area contributed by atoms with Crippen LogP contribution in [0.5, 0.6) is 0 Å². The highest BCUT2D eigenvalue weighted by Crippen LogP contribution is 2.05. The van der Waals surface area contributed by atoms with Gasteiger partial charge in [-0.25, -0.2) is 0 Å². The Hall–Kier alpha value is -1.46. The Bertz CT molecular complexity index is 542. The summed E-state index contributed by atoms with van der Waals surface area (Å²) >= 11 is 0. The van der Waals surface area contributed by atoms with Crippen molar-refractivity contribution >= 4 is 13.3 Å².